The summed E-state index contributed by atoms with van der Waals surface area (Å²) in [5, 5.41) is 3.11. The van der Waals surface area contributed by atoms with Crippen molar-refractivity contribution in [3.8, 4) is 0 Å². The van der Waals surface area contributed by atoms with Gasteiger partial charge in [-0.2, -0.15) is 4.31 Å². The van der Waals surface area contributed by atoms with Crippen LogP contribution in [0, 0.1) is 5.92 Å². The second-order valence-electron chi connectivity index (χ2n) is 7.20. The summed E-state index contributed by atoms with van der Waals surface area (Å²) in [4.78, 5) is 23.8. The molecule has 2 fully saturated rings. The molecule has 6 nitrogen and oxygen atoms in total. The molecule has 7 heteroatoms. The van der Waals surface area contributed by atoms with Crippen LogP contribution in [0.25, 0.3) is 0 Å². The van der Waals surface area contributed by atoms with Crippen molar-refractivity contribution in [3.05, 3.63) is 29.8 Å². The summed E-state index contributed by atoms with van der Waals surface area (Å²) < 4.78 is 27.3. The van der Waals surface area contributed by atoms with E-state index in [1.165, 1.54) is 22.9 Å². The number of nitrogens with one attached hydrogen (secondary N) is 1. The molecule has 3 rings (SSSR count). The molecule has 142 valence electrons. The first-order chi connectivity index (χ1) is 12.5. The molecule has 26 heavy (non-hydrogen) atoms. The lowest BCUT2D eigenvalue weighted by Crippen LogP contribution is -2.48. The number of nitrogens with zero attached hydrogens (tertiary/aromatic N) is 1. The number of hydrogen-bond donors (Lipinski definition) is 1. The second kappa shape index (κ2) is 8.31. The highest BCUT2D eigenvalue weighted by atomic mass is 32.2. The summed E-state index contributed by atoms with van der Waals surface area (Å²) in [6.45, 7) is 0.552. The Hall–Kier alpha value is -1.73. The van der Waals surface area contributed by atoms with Gasteiger partial charge in [0.2, 0.25) is 15.9 Å². The highest BCUT2D eigenvalue weighted by molar-refractivity contribution is 7.89. The number of carbonyl (C=O) groups excluding carboxylic acids is 2. The predicted molar refractivity (Wildman–Crippen MR) is 98.3 cm³/mol. The van der Waals surface area contributed by atoms with E-state index < -0.39 is 10.0 Å². The van der Waals surface area contributed by atoms with Crippen LogP contribution >= 0.6 is 0 Å². The Morgan fingerprint density at radius 2 is 1.81 bits per heavy atom. The van der Waals surface area contributed by atoms with Crippen LogP contribution in [0.2, 0.25) is 0 Å². The van der Waals surface area contributed by atoms with E-state index in [2.05, 4.69) is 5.32 Å². The van der Waals surface area contributed by atoms with Gasteiger partial charge in [-0.05, 0) is 31.7 Å². The minimum absolute atomic E-state index is 0.0170. The molecule has 1 atom stereocenters. The fourth-order valence-electron chi connectivity index (χ4n) is 3.89. The van der Waals surface area contributed by atoms with Crippen LogP contribution in [0.5, 0.6) is 0 Å². The summed E-state index contributed by atoms with van der Waals surface area (Å²) in [7, 11) is -3.78. The van der Waals surface area contributed by atoms with Crippen LogP contribution in [0.3, 0.4) is 0 Å². The molecule has 1 aromatic carbocycles. The van der Waals surface area contributed by atoms with Crippen LogP contribution < -0.4 is 5.32 Å². The number of aldehydes is 1. The van der Waals surface area contributed by atoms with E-state index >= 15 is 0 Å². The molecule has 1 heterocycles. The predicted octanol–water partition coefficient (Wildman–Crippen LogP) is 2.35. The Morgan fingerprint density at radius 3 is 2.54 bits per heavy atom. The van der Waals surface area contributed by atoms with Gasteiger partial charge in [-0.3, -0.25) is 9.59 Å². The summed E-state index contributed by atoms with van der Waals surface area (Å²) >= 11 is 0. The fraction of sp³-hybridized carbons (Fsp3) is 0.579. The molecule has 1 unspecified atom stereocenters. The van der Waals surface area contributed by atoms with Crippen molar-refractivity contribution >= 4 is 22.2 Å². The van der Waals surface area contributed by atoms with Gasteiger partial charge in [0.05, 0.1) is 10.8 Å². The van der Waals surface area contributed by atoms with Crippen molar-refractivity contribution in [3.63, 3.8) is 0 Å². The molecule has 1 amide bonds. The van der Waals surface area contributed by atoms with Crippen LogP contribution in [-0.4, -0.2) is 44.0 Å². The van der Waals surface area contributed by atoms with Crippen LogP contribution in [-0.2, 0) is 14.8 Å². The van der Waals surface area contributed by atoms with Gasteiger partial charge < -0.3 is 5.32 Å². The number of hydrogen-bond acceptors (Lipinski definition) is 4. The lowest BCUT2D eigenvalue weighted by Gasteiger charge is -2.33. The Balaban J connectivity index is 1.71. The average molecular weight is 378 g/mol. The third-order valence-electron chi connectivity index (χ3n) is 5.37. The van der Waals surface area contributed by atoms with Gasteiger partial charge in [0.1, 0.15) is 0 Å². The van der Waals surface area contributed by atoms with E-state index in [1.54, 1.807) is 12.1 Å². The minimum atomic E-state index is -3.78. The van der Waals surface area contributed by atoms with E-state index in [0.29, 0.717) is 25.7 Å². The Labute approximate surface area is 155 Å². The van der Waals surface area contributed by atoms with E-state index in [-0.39, 0.29) is 34.9 Å². The normalized spacial score (nSPS) is 22.7. The molecule has 0 aromatic heterocycles. The molecule has 1 saturated heterocycles. The zero-order valence-electron chi connectivity index (χ0n) is 14.9. The molecule has 1 aliphatic carbocycles. The van der Waals surface area contributed by atoms with Crippen molar-refractivity contribution in [2.75, 3.05) is 13.1 Å². The largest absolute Gasteiger partial charge is 0.353 e. The maximum atomic E-state index is 13.0. The van der Waals surface area contributed by atoms with Gasteiger partial charge in [-0.1, -0.05) is 37.5 Å². The van der Waals surface area contributed by atoms with Gasteiger partial charge >= 0.3 is 0 Å². The molecule has 0 bridgehead atoms. The monoisotopic (exact) mass is 378 g/mol. The molecular weight excluding hydrogens is 352 g/mol. The lowest BCUT2D eigenvalue weighted by atomic mass is 9.93. The molecule has 1 N–H and O–H groups in total. The number of benzene rings is 1. The highest BCUT2D eigenvalue weighted by Crippen LogP contribution is 2.26. The van der Waals surface area contributed by atoms with Crippen LogP contribution in [0.15, 0.2) is 29.2 Å². The maximum absolute atomic E-state index is 13.0. The SMILES string of the molecule is O=Cc1ccccc1S(=O)(=O)N1CCCC(C(=O)NC2CCCCC2)C1. The Bertz CT molecular complexity index is 757. The van der Waals surface area contributed by atoms with Gasteiger partial charge in [0.15, 0.2) is 6.29 Å². The zero-order chi connectivity index (χ0) is 18.6. The zero-order valence-corrected chi connectivity index (χ0v) is 15.7. The average Bonchev–Trinajstić information content (AvgIpc) is 2.68. The first-order valence-corrected chi connectivity index (χ1v) is 10.8. The number of rotatable bonds is 5. The summed E-state index contributed by atoms with van der Waals surface area (Å²) in [5.74, 6) is -0.371. The van der Waals surface area contributed by atoms with E-state index in [9.17, 15) is 18.0 Å². The third kappa shape index (κ3) is 4.15. The fourth-order valence-corrected chi connectivity index (χ4v) is 5.58. The standard InChI is InChI=1S/C19H26N2O4S/c22-14-16-7-4-5-11-18(16)26(24,25)21-12-6-8-15(13-21)19(23)20-17-9-2-1-3-10-17/h4-5,7,11,14-15,17H,1-3,6,8-10,12-13H2,(H,20,23). The number of piperidine rings is 1. The molecule has 1 aliphatic heterocycles. The summed E-state index contributed by atoms with van der Waals surface area (Å²) in [5.41, 5.74) is 0.154. The number of sulfonamides is 1. The quantitative estimate of drug-likeness (QED) is 0.797. The van der Waals surface area contributed by atoms with Crippen LogP contribution in [0.4, 0.5) is 0 Å². The second-order valence-corrected chi connectivity index (χ2v) is 9.11. The molecule has 2 aliphatic rings. The van der Waals surface area contributed by atoms with Crippen molar-refractivity contribution in [1.82, 2.24) is 9.62 Å². The van der Waals surface area contributed by atoms with Gasteiger partial charge in [-0.25, -0.2) is 8.42 Å². The lowest BCUT2D eigenvalue weighted by molar-refractivity contribution is -0.127. The van der Waals surface area contributed by atoms with Crippen molar-refractivity contribution in [2.45, 2.75) is 55.9 Å². The molecular formula is C19H26N2O4S. The van der Waals surface area contributed by atoms with Crippen molar-refractivity contribution in [1.29, 1.82) is 0 Å². The number of carbonyl (C=O) groups is 2. The first-order valence-electron chi connectivity index (χ1n) is 9.37. The summed E-state index contributed by atoms with van der Waals surface area (Å²) in [6.07, 6.45) is 7.41. The van der Waals surface area contributed by atoms with Gasteiger partial charge in [0.25, 0.3) is 0 Å². The van der Waals surface area contributed by atoms with Crippen molar-refractivity contribution < 1.29 is 18.0 Å². The maximum Gasteiger partial charge on any atom is 0.243 e. The summed E-state index contributed by atoms with van der Waals surface area (Å²) in [6, 6.07) is 6.41. The Morgan fingerprint density at radius 1 is 1.08 bits per heavy atom. The highest BCUT2D eigenvalue weighted by Gasteiger charge is 2.34. The molecule has 1 aromatic rings. The topological polar surface area (TPSA) is 83.6 Å². The van der Waals surface area contributed by atoms with E-state index in [1.807, 2.05) is 0 Å². The van der Waals surface area contributed by atoms with Gasteiger partial charge in [0, 0.05) is 24.7 Å². The minimum Gasteiger partial charge on any atom is -0.353 e. The third-order valence-corrected chi connectivity index (χ3v) is 7.31. The van der Waals surface area contributed by atoms with E-state index in [0.717, 1.165) is 25.7 Å². The Kier molecular flexibility index (Phi) is 6.09. The van der Waals surface area contributed by atoms with Crippen molar-refractivity contribution in [2.24, 2.45) is 5.92 Å². The number of amides is 1. The molecule has 1 saturated carbocycles. The first kappa shape index (κ1) is 19.0. The molecule has 0 spiro atoms. The van der Waals surface area contributed by atoms with E-state index in [4.69, 9.17) is 0 Å². The molecule has 0 radical (unpaired) electrons. The van der Waals surface area contributed by atoms with Gasteiger partial charge in [-0.15, -0.1) is 0 Å². The van der Waals surface area contributed by atoms with Crippen LogP contribution in [0.1, 0.15) is 55.3 Å². The smallest absolute Gasteiger partial charge is 0.243 e.